The van der Waals surface area contributed by atoms with E-state index in [0.717, 1.165) is 18.9 Å². The van der Waals surface area contributed by atoms with Gasteiger partial charge >= 0.3 is 0 Å². The second-order valence-corrected chi connectivity index (χ2v) is 4.15. The highest BCUT2D eigenvalue weighted by Crippen LogP contribution is 2.18. The van der Waals surface area contributed by atoms with Crippen LogP contribution in [-0.2, 0) is 6.54 Å². The Labute approximate surface area is 90.6 Å². The predicted octanol–water partition coefficient (Wildman–Crippen LogP) is 2.11. The van der Waals surface area contributed by atoms with E-state index >= 15 is 0 Å². The molecule has 2 rings (SSSR count). The number of nitrogens with zero attached hydrogens (tertiary/aromatic N) is 3. The van der Waals surface area contributed by atoms with Crippen LogP contribution in [0.15, 0.2) is 24.1 Å². The van der Waals surface area contributed by atoms with E-state index in [1.165, 1.54) is 11.3 Å². The third kappa shape index (κ3) is 2.46. The van der Waals surface area contributed by atoms with Crippen molar-refractivity contribution >= 4 is 28.8 Å². The molecule has 0 fully saturated rings. The molecular weight excluding hydrogens is 220 g/mol. The van der Waals surface area contributed by atoms with Gasteiger partial charge in [0, 0.05) is 30.9 Å². The van der Waals surface area contributed by atoms with E-state index in [0.29, 0.717) is 4.47 Å². The average molecular weight is 229 g/mol. The van der Waals surface area contributed by atoms with Crippen molar-refractivity contribution in [2.75, 3.05) is 11.9 Å². The number of rotatable bonds is 4. The molecule has 0 aliphatic carbocycles. The summed E-state index contributed by atoms with van der Waals surface area (Å²) in [7, 11) is 0. The summed E-state index contributed by atoms with van der Waals surface area (Å²) in [4.78, 5) is 8.03. The van der Waals surface area contributed by atoms with Gasteiger partial charge in [0.15, 0.2) is 4.47 Å². The van der Waals surface area contributed by atoms with Gasteiger partial charge in [0.2, 0.25) is 0 Å². The number of halogens is 1. The van der Waals surface area contributed by atoms with Gasteiger partial charge in [-0.25, -0.2) is 9.97 Å². The van der Waals surface area contributed by atoms with Crippen LogP contribution in [-0.4, -0.2) is 21.1 Å². The zero-order valence-electron chi connectivity index (χ0n) is 7.35. The van der Waals surface area contributed by atoms with E-state index in [-0.39, 0.29) is 0 Å². The molecule has 0 spiro atoms. The van der Waals surface area contributed by atoms with Crippen LogP contribution in [0.5, 0.6) is 0 Å². The highest BCUT2D eigenvalue weighted by Gasteiger charge is 1.97. The number of aromatic nitrogens is 3. The molecular formula is C8H9ClN4S. The first kappa shape index (κ1) is 9.48. The summed E-state index contributed by atoms with van der Waals surface area (Å²) in [5, 5.41) is 5.07. The summed E-state index contributed by atoms with van der Waals surface area (Å²) in [6, 6.07) is 0. The SMILES string of the molecule is Clc1nc(NCCn2ccnc2)cs1. The fourth-order valence-electron chi connectivity index (χ4n) is 1.07. The predicted molar refractivity (Wildman–Crippen MR) is 57.8 cm³/mol. The molecule has 1 N–H and O–H groups in total. The molecule has 4 nitrogen and oxygen atoms in total. The first-order valence-corrected chi connectivity index (χ1v) is 5.41. The molecule has 2 aromatic rings. The minimum absolute atomic E-state index is 0.565. The van der Waals surface area contributed by atoms with Crippen molar-refractivity contribution in [2.45, 2.75) is 6.54 Å². The van der Waals surface area contributed by atoms with E-state index in [4.69, 9.17) is 11.6 Å². The van der Waals surface area contributed by atoms with Crippen molar-refractivity contribution in [1.82, 2.24) is 14.5 Å². The number of imidazole rings is 1. The minimum atomic E-state index is 0.565. The Morgan fingerprint density at radius 3 is 3.14 bits per heavy atom. The van der Waals surface area contributed by atoms with Gasteiger partial charge in [-0.15, -0.1) is 11.3 Å². The van der Waals surface area contributed by atoms with Crippen molar-refractivity contribution < 1.29 is 0 Å². The molecule has 0 saturated carbocycles. The van der Waals surface area contributed by atoms with Crippen LogP contribution in [0.25, 0.3) is 0 Å². The second-order valence-electron chi connectivity index (χ2n) is 2.71. The molecule has 0 bridgehead atoms. The molecule has 0 aromatic carbocycles. The molecule has 0 unspecified atom stereocenters. The van der Waals surface area contributed by atoms with Gasteiger partial charge in [-0.1, -0.05) is 11.6 Å². The largest absolute Gasteiger partial charge is 0.368 e. The maximum atomic E-state index is 5.69. The van der Waals surface area contributed by atoms with Gasteiger partial charge in [-0.2, -0.15) is 0 Å². The van der Waals surface area contributed by atoms with E-state index in [1.54, 1.807) is 12.5 Å². The summed E-state index contributed by atoms with van der Waals surface area (Å²) in [6.45, 7) is 1.69. The summed E-state index contributed by atoms with van der Waals surface area (Å²) >= 11 is 7.12. The first-order chi connectivity index (χ1) is 6.84. The van der Waals surface area contributed by atoms with Crippen molar-refractivity contribution in [3.8, 4) is 0 Å². The molecule has 0 atom stereocenters. The van der Waals surface area contributed by atoms with Gasteiger partial charge in [-0.3, -0.25) is 0 Å². The molecule has 2 aromatic heterocycles. The molecule has 74 valence electrons. The van der Waals surface area contributed by atoms with Crippen LogP contribution < -0.4 is 5.32 Å². The topological polar surface area (TPSA) is 42.7 Å². The summed E-state index contributed by atoms with van der Waals surface area (Å²) in [5.74, 6) is 0.833. The molecule has 14 heavy (non-hydrogen) atoms. The highest BCUT2D eigenvalue weighted by atomic mass is 35.5. The van der Waals surface area contributed by atoms with Crippen LogP contribution in [0.1, 0.15) is 0 Å². The Hall–Kier alpha value is -1.07. The second kappa shape index (κ2) is 4.43. The van der Waals surface area contributed by atoms with Crippen LogP contribution in [0.2, 0.25) is 4.47 Å². The Balaban J connectivity index is 1.78. The number of hydrogen-bond acceptors (Lipinski definition) is 4. The van der Waals surface area contributed by atoms with E-state index in [2.05, 4.69) is 15.3 Å². The number of thiazole rings is 1. The Morgan fingerprint density at radius 1 is 1.57 bits per heavy atom. The van der Waals surface area contributed by atoms with E-state index in [1.807, 2.05) is 16.1 Å². The maximum absolute atomic E-state index is 5.69. The Morgan fingerprint density at radius 2 is 2.50 bits per heavy atom. The average Bonchev–Trinajstić information content (AvgIpc) is 2.77. The minimum Gasteiger partial charge on any atom is -0.368 e. The zero-order chi connectivity index (χ0) is 9.80. The molecule has 6 heteroatoms. The van der Waals surface area contributed by atoms with Gasteiger partial charge in [0.1, 0.15) is 5.82 Å². The monoisotopic (exact) mass is 228 g/mol. The Kier molecular flexibility index (Phi) is 3.00. The lowest BCUT2D eigenvalue weighted by molar-refractivity contribution is 0.726. The van der Waals surface area contributed by atoms with E-state index < -0.39 is 0 Å². The quantitative estimate of drug-likeness (QED) is 0.872. The summed E-state index contributed by atoms with van der Waals surface area (Å²) < 4.78 is 2.57. The summed E-state index contributed by atoms with van der Waals surface area (Å²) in [6.07, 6.45) is 5.48. The Bertz CT molecular complexity index is 384. The number of nitrogens with one attached hydrogen (secondary N) is 1. The molecule has 0 saturated heterocycles. The molecule has 0 radical (unpaired) electrons. The van der Waals surface area contributed by atoms with Crippen molar-refractivity contribution in [3.05, 3.63) is 28.6 Å². The number of hydrogen-bond donors (Lipinski definition) is 1. The third-order valence-corrected chi connectivity index (χ3v) is 2.69. The van der Waals surface area contributed by atoms with Crippen molar-refractivity contribution in [3.63, 3.8) is 0 Å². The van der Waals surface area contributed by atoms with Crippen molar-refractivity contribution in [1.29, 1.82) is 0 Å². The lowest BCUT2D eigenvalue weighted by atomic mass is 10.6. The van der Waals surface area contributed by atoms with Crippen LogP contribution in [0.4, 0.5) is 5.82 Å². The standard InChI is InChI=1S/C8H9ClN4S/c9-8-12-7(5-14-8)11-2-4-13-3-1-10-6-13/h1,3,5-6,11H,2,4H2. The molecule has 0 aliphatic rings. The molecule has 0 amide bonds. The zero-order valence-corrected chi connectivity index (χ0v) is 8.92. The molecule has 2 heterocycles. The summed E-state index contributed by atoms with van der Waals surface area (Å²) in [5.41, 5.74) is 0. The smallest absolute Gasteiger partial charge is 0.185 e. The van der Waals surface area contributed by atoms with E-state index in [9.17, 15) is 0 Å². The lowest BCUT2D eigenvalue weighted by Gasteiger charge is -2.02. The van der Waals surface area contributed by atoms with Crippen LogP contribution in [0.3, 0.4) is 0 Å². The fourth-order valence-corrected chi connectivity index (χ4v) is 1.79. The fraction of sp³-hybridized carbons (Fsp3) is 0.250. The molecule has 0 aliphatic heterocycles. The maximum Gasteiger partial charge on any atom is 0.185 e. The van der Waals surface area contributed by atoms with Crippen molar-refractivity contribution in [2.24, 2.45) is 0 Å². The first-order valence-electron chi connectivity index (χ1n) is 4.15. The normalized spacial score (nSPS) is 10.4. The third-order valence-electron chi connectivity index (χ3n) is 1.71. The van der Waals surface area contributed by atoms with Gasteiger partial charge in [0.25, 0.3) is 0 Å². The van der Waals surface area contributed by atoms with Crippen LogP contribution in [0, 0.1) is 0 Å². The highest BCUT2D eigenvalue weighted by molar-refractivity contribution is 7.14. The lowest BCUT2D eigenvalue weighted by Crippen LogP contribution is -2.09. The van der Waals surface area contributed by atoms with Crippen LogP contribution >= 0.6 is 22.9 Å². The van der Waals surface area contributed by atoms with Gasteiger partial charge in [-0.05, 0) is 0 Å². The number of anilines is 1. The van der Waals surface area contributed by atoms with Gasteiger partial charge in [0.05, 0.1) is 6.33 Å². The van der Waals surface area contributed by atoms with Gasteiger partial charge < -0.3 is 9.88 Å².